The third kappa shape index (κ3) is 5.58. The van der Waals surface area contributed by atoms with Crippen LogP contribution in [0.25, 0.3) is 33.9 Å². The minimum atomic E-state index is -0.361. The fraction of sp³-hybridized carbons (Fsp3) is 0.0286. The van der Waals surface area contributed by atoms with E-state index in [2.05, 4.69) is 63.4 Å². The topological polar surface area (TPSA) is 68.2 Å². The number of aromatic nitrogens is 3. The molecule has 0 N–H and O–H groups in total. The molecule has 0 saturated carbocycles. The Balaban J connectivity index is 1.41. The number of carbonyl (C=O) groups is 1. The smallest absolute Gasteiger partial charge is 0.337 e. The summed E-state index contributed by atoms with van der Waals surface area (Å²) in [5, 5.41) is 0. The van der Waals surface area contributed by atoms with E-state index in [9.17, 15) is 4.79 Å². The molecule has 3 heterocycles. The van der Waals surface area contributed by atoms with Gasteiger partial charge in [-0.1, -0.05) is 42.5 Å². The highest BCUT2D eigenvalue weighted by Gasteiger charge is 2.15. The van der Waals surface area contributed by atoms with Gasteiger partial charge in [-0.2, -0.15) is 0 Å². The summed E-state index contributed by atoms with van der Waals surface area (Å²) in [6.45, 7) is 0. The number of esters is 1. The van der Waals surface area contributed by atoms with E-state index in [1.165, 1.54) is 7.11 Å². The molecule has 0 atom stereocenters. The Morgan fingerprint density at radius 1 is 0.561 bits per heavy atom. The van der Waals surface area contributed by atoms with Crippen molar-refractivity contribution in [3.05, 3.63) is 145 Å². The first-order valence-electron chi connectivity index (χ1n) is 13.2. The van der Waals surface area contributed by atoms with E-state index in [4.69, 9.17) is 9.72 Å². The number of nitrogens with zero attached hydrogens (tertiary/aromatic N) is 4. The SMILES string of the molecule is COC(=O)c1ccc(N(c2ccccc2)c2ccc(-c3cc(-c4ccccn4)nc(-c4ccccn4)c3)cc2)cc1. The van der Waals surface area contributed by atoms with Crippen molar-refractivity contribution in [3.63, 3.8) is 0 Å². The molecule has 0 amide bonds. The molecule has 0 aliphatic carbocycles. The molecular formula is C35H26N4O2. The van der Waals surface area contributed by atoms with Crippen LogP contribution in [-0.2, 0) is 4.74 Å². The number of ether oxygens (including phenoxy) is 1. The van der Waals surface area contributed by atoms with Crippen LogP contribution < -0.4 is 4.90 Å². The van der Waals surface area contributed by atoms with Crippen LogP contribution in [0.5, 0.6) is 0 Å². The van der Waals surface area contributed by atoms with Gasteiger partial charge < -0.3 is 9.64 Å². The van der Waals surface area contributed by atoms with Gasteiger partial charge in [0.15, 0.2) is 0 Å². The highest BCUT2D eigenvalue weighted by Crippen LogP contribution is 2.36. The first-order valence-corrected chi connectivity index (χ1v) is 13.2. The second-order valence-corrected chi connectivity index (χ2v) is 9.31. The number of pyridine rings is 3. The van der Waals surface area contributed by atoms with Gasteiger partial charge in [-0.25, -0.2) is 9.78 Å². The fourth-order valence-electron chi connectivity index (χ4n) is 4.68. The second kappa shape index (κ2) is 11.6. The largest absolute Gasteiger partial charge is 0.465 e. The Hall–Kier alpha value is -5.62. The molecule has 0 radical (unpaired) electrons. The lowest BCUT2D eigenvalue weighted by Crippen LogP contribution is -2.10. The molecule has 0 unspecified atom stereocenters. The Morgan fingerprint density at radius 3 is 1.59 bits per heavy atom. The number of para-hydroxylation sites is 1. The molecule has 6 rings (SSSR count). The number of hydrogen-bond acceptors (Lipinski definition) is 6. The number of methoxy groups -OCH3 is 1. The zero-order valence-electron chi connectivity index (χ0n) is 22.4. The molecule has 0 aliphatic heterocycles. The molecule has 0 aliphatic rings. The highest BCUT2D eigenvalue weighted by molar-refractivity contribution is 5.90. The molecular weight excluding hydrogens is 508 g/mol. The maximum absolute atomic E-state index is 12.0. The monoisotopic (exact) mass is 534 g/mol. The third-order valence-corrected chi connectivity index (χ3v) is 6.70. The van der Waals surface area contributed by atoms with Crippen molar-refractivity contribution in [3.8, 4) is 33.9 Å². The van der Waals surface area contributed by atoms with Gasteiger partial charge in [-0.05, 0) is 96.1 Å². The Morgan fingerprint density at radius 2 is 1.07 bits per heavy atom. The molecule has 41 heavy (non-hydrogen) atoms. The van der Waals surface area contributed by atoms with Gasteiger partial charge in [0.1, 0.15) is 0 Å². The summed E-state index contributed by atoms with van der Waals surface area (Å²) in [5.74, 6) is -0.361. The summed E-state index contributed by atoms with van der Waals surface area (Å²) in [6, 6.07) is 41.7. The van der Waals surface area contributed by atoms with Crippen LogP contribution in [0.1, 0.15) is 10.4 Å². The van der Waals surface area contributed by atoms with Crippen molar-refractivity contribution in [2.45, 2.75) is 0 Å². The average Bonchev–Trinajstić information content (AvgIpc) is 3.06. The standard InChI is InChI=1S/C35H26N4O2/c1-41-35(40)26-15-19-30(20-16-26)39(28-9-3-2-4-10-28)29-17-13-25(14-18-29)27-23-33(31-11-5-7-21-36-31)38-34(24-27)32-12-6-8-22-37-32/h2-24H,1H3. The van der Waals surface area contributed by atoms with E-state index < -0.39 is 0 Å². The summed E-state index contributed by atoms with van der Waals surface area (Å²) in [7, 11) is 1.38. The van der Waals surface area contributed by atoms with Gasteiger partial charge in [0.25, 0.3) is 0 Å². The van der Waals surface area contributed by atoms with Gasteiger partial charge >= 0.3 is 5.97 Å². The van der Waals surface area contributed by atoms with Crippen molar-refractivity contribution < 1.29 is 9.53 Å². The van der Waals surface area contributed by atoms with E-state index >= 15 is 0 Å². The van der Waals surface area contributed by atoms with Crippen molar-refractivity contribution in [2.24, 2.45) is 0 Å². The van der Waals surface area contributed by atoms with E-state index in [0.29, 0.717) is 5.56 Å². The van der Waals surface area contributed by atoms with E-state index in [1.807, 2.05) is 66.7 Å². The van der Waals surface area contributed by atoms with Gasteiger partial charge in [0.2, 0.25) is 0 Å². The van der Waals surface area contributed by atoms with E-state index in [0.717, 1.165) is 51.0 Å². The molecule has 6 heteroatoms. The van der Waals surface area contributed by atoms with Crippen LogP contribution in [0.4, 0.5) is 17.1 Å². The fourth-order valence-corrected chi connectivity index (χ4v) is 4.68. The summed E-state index contributed by atoms with van der Waals surface area (Å²) < 4.78 is 4.87. The van der Waals surface area contributed by atoms with Crippen LogP contribution in [0.3, 0.4) is 0 Å². The number of hydrogen-bond donors (Lipinski definition) is 0. The van der Waals surface area contributed by atoms with E-state index in [-0.39, 0.29) is 5.97 Å². The number of anilines is 3. The maximum atomic E-state index is 12.0. The zero-order valence-corrected chi connectivity index (χ0v) is 22.4. The van der Waals surface area contributed by atoms with Crippen molar-refractivity contribution in [1.82, 2.24) is 15.0 Å². The lowest BCUT2D eigenvalue weighted by Gasteiger charge is -2.25. The first kappa shape index (κ1) is 25.6. The number of carbonyl (C=O) groups excluding carboxylic acids is 1. The zero-order chi connectivity index (χ0) is 28.0. The van der Waals surface area contributed by atoms with Crippen LogP contribution in [0.2, 0.25) is 0 Å². The van der Waals surface area contributed by atoms with Gasteiger partial charge in [-0.15, -0.1) is 0 Å². The van der Waals surface area contributed by atoms with Crippen molar-refractivity contribution >= 4 is 23.0 Å². The molecule has 0 spiro atoms. The van der Waals surface area contributed by atoms with Crippen LogP contribution in [-0.4, -0.2) is 28.0 Å². The Kier molecular flexibility index (Phi) is 7.28. The molecule has 0 saturated heterocycles. The van der Waals surface area contributed by atoms with Gasteiger partial charge in [-0.3, -0.25) is 9.97 Å². The number of rotatable bonds is 7. The molecule has 3 aromatic heterocycles. The van der Waals surface area contributed by atoms with Gasteiger partial charge in [0.05, 0.1) is 35.4 Å². The summed E-state index contributed by atoms with van der Waals surface area (Å²) in [5.41, 5.74) is 8.64. The van der Waals surface area contributed by atoms with Crippen molar-refractivity contribution in [2.75, 3.05) is 12.0 Å². The first-order chi connectivity index (χ1) is 20.2. The molecule has 0 bridgehead atoms. The lowest BCUT2D eigenvalue weighted by molar-refractivity contribution is 0.0600. The minimum Gasteiger partial charge on any atom is -0.465 e. The average molecular weight is 535 g/mol. The summed E-state index contributed by atoms with van der Waals surface area (Å²) in [6.07, 6.45) is 3.55. The predicted molar refractivity (Wildman–Crippen MR) is 162 cm³/mol. The molecule has 0 fully saturated rings. The molecule has 198 valence electrons. The maximum Gasteiger partial charge on any atom is 0.337 e. The van der Waals surface area contributed by atoms with Crippen LogP contribution in [0.15, 0.2) is 140 Å². The lowest BCUT2D eigenvalue weighted by atomic mass is 10.0. The number of benzene rings is 3. The van der Waals surface area contributed by atoms with Crippen LogP contribution in [0, 0.1) is 0 Å². The molecule has 6 aromatic rings. The third-order valence-electron chi connectivity index (χ3n) is 6.70. The predicted octanol–water partition coefficient (Wildman–Crippen LogP) is 8.13. The van der Waals surface area contributed by atoms with Gasteiger partial charge in [0, 0.05) is 29.5 Å². The molecule has 3 aromatic carbocycles. The normalized spacial score (nSPS) is 10.7. The van der Waals surface area contributed by atoms with E-state index in [1.54, 1.807) is 24.5 Å². The van der Waals surface area contributed by atoms with Crippen LogP contribution >= 0.6 is 0 Å². The molecule has 6 nitrogen and oxygen atoms in total. The summed E-state index contributed by atoms with van der Waals surface area (Å²) >= 11 is 0. The quantitative estimate of drug-likeness (QED) is 0.193. The Bertz CT molecular complexity index is 1700. The minimum absolute atomic E-state index is 0.361. The Labute approximate surface area is 238 Å². The van der Waals surface area contributed by atoms with Crippen molar-refractivity contribution in [1.29, 1.82) is 0 Å². The second-order valence-electron chi connectivity index (χ2n) is 9.31. The highest BCUT2D eigenvalue weighted by atomic mass is 16.5. The summed E-state index contributed by atoms with van der Waals surface area (Å²) in [4.78, 5) is 28.1.